The van der Waals surface area contributed by atoms with Crippen LogP contribution in [-0.4, -0.2) is 37.1 Å². The third-order valence-corrected chi connectivity index (χ3v) is 4.84. The number of anilines is 1. The van der Waals surface area contributed by atoms with Gasteiger partial charge in [0.25, 0.3) is 0 Å². The van der Waals surface area contributed by atoms with Crippen molar-refractivity contribution in [2.45, 2.75) is 44.7 Å². The molecule has 2 fully saturated rings. The summed E-state index contributed by atoms with van der Waals surface area (Å²) in [5, 5.41) is 0. The normalized spacial score (nSPS) is 25.9. The number of hydrogen-bond acceptors (Lipinski definition) is 3. The summed E-state index contributed by atoms with van der Waals surface area (Å²) in [6.07, 6.45) is 5.48. The smallest absolute Gasteiger partial charge is 0.0415 e. The van der Waals surface area contributed by atoms with Crippen molar-refractivity contribution in [3.05, 3.63) is 29.8 Å². The Hall–Kier alpha value is -1.06. The van der Waals surface area contributed by atoms with E-state index in [1.54, 1.807) is 0 Å². The van der Waals surface area contributed by atoms with Crippen LogP contribution in [0.15, 0.2) is 24.3 Å². The first kappa shape index (κ1) is 13.9. The van der Waals surface area contributed by atoms with Crippen molar-refractivity contribution in [1.29, 1.82) is 0 Å². The molecule has 2 aliphatic heterocycles. The summed E-state index contributed by atoms with van der Waals surface area (Å²) in [6.45, 7) is 7.02. The molecule has 3 nitrogen and oxygen atoms in total. The molecule has 0 amide bonds. The van der Waals surface area contributed by atoms with E-state index in [9.17, 15) is 0 Å². The molecule has 2 saturated heterocycles. The van der Waals surface area contributed by atoms with E-state index in [4.69, 9.17) is 5.73 Å². The van der Waals surface area contributed by atoms with Crippen molar-refractivity contribution in [2.75, 3.05) is 31.1 Å². The largest absolute Gasteiger partial charge is 0.370 e. The van der Waals surface area contributed by atoms with Crippen molar-refractivity contribution in [3.63, 3.8) is 0 Å². The lowest BCUT2D eigenvalue weighted by molar-refractivity contribution is 0.175. The highest BCUT2D eigenvalue weighted by molar-refractivity contribution is 5.55. The van der Waals surface area contributed by atoms with Crippen LogP contribution < -0.4 is 10.6 Å². The van der Waals surface area contributed by atoms with Crippen molar-refractivity contribution in [2.24, 2.45) is 5.73 Å². The van der Waals surface area contributed by atoms with Crippen LogP contribution >= 0.6 is 0 Å². The summed E-state index contributed by atoms with van der Waals surface area (Å²) in [4.78, 5) is 5.25. The molecule has 2 atom stereocenters. The van der Waals surface area contributed by atoms with Crippen molar-refractivity contribution < 1.29 is 0 Å². The van der Waals surface area contributed by atoms with Gasteiger partial charge in [-0.3, -0.25) is 4.90 Å². The molecule has 1 aromatic rings. The van der Waals surface area contributed by atoms with Crippen molar-refractivity contribution in [1.82, 2.24) is 4.90 Å². The van der Waals surface area contributed by atoms with Gasteiger partial charge in [0.05, 0.1) is 0 Å². The zero-order chi connectivity index (χ0) is 13.9. The van der Waals surface area contributed by atoms with Crippen LogP contribution in [-0.2, 0) is 0 Å². The second kappa shape index (κ2) is 6.15. The summed E-state index contributed by atoms with van der Waals surface area (Å²) >= 11 is 0. The SMILES string of the molecule is C[C@H](N)c1ccccc1N1CCC(N2CCCCC2)C1. The van der Waals surface area contributed by atoms with E-state index in [0.717, 1.165) is 6.04 Å². The molecule has 0 radical (unpaired) electrons. The van der Waals surface area contributed by atoms with E-state index in [1.807, 2.05) is 0 Å². The molecule has 3 rings (SSSR count). The van der Waals surface area contributed by atoms with Crippen molar-refractivity contribution >= 4 is 5.69 Å². The quantitative estimate of drug-likeness (QED) is 0.919. The Bertz CT molecular complexity index is 438. The first-order valence-corrected chi connectivity index (χ1v) is 8.09. The molecule has 110 valence electrons. The molecule has 0 saturated carbocycles. The molecule has 2 N–H and O–H groups in total. The summed E-state index contributed by atoms with van der Waals surface area (Å²) in [7, 11) is 0. The Morgan fingerprint density at radius 1 is 1.10 bits per heavy atom. The third kappa shape index (κ3) is 2.84. The second-order valence-corrected chi connectivity index (χ2v) is 6.33. The Labute approximate surface area is 122 Å². The van der Waals surface area contributed by atoms with Crippen LogP contribution in [0.2, 0.25) is 0 Å². The molecule has 0 spiro atoms. The molecular weight excluding hydrogens is 246 g/mol. The predicted octanol–water partition coefficient (Wildman–Crippen LogP) is 2.77. The van der Waals surface area contributed by atoms with E-state index in [0.29, 0.717) is 0 Å². The van der Waals surface area contributed by atoms with Crippen LogP contribution in [0.3, 0.4) is 0 Å². The maximum Gasteiger partial charge on any atom is 0.0415 e. The highest BCUT2D eigenvalue weighted by atomic mass is 15.3. The van der Waals surface area contributed by atoms with Gasteiger partial charge in [-0.25, -0.2) is 0 Å². The molecule has 0 bridgehead atoms. The zero-order valence-electron chi connectivity index (χ0n) is 12.6. The first-order valence-electron chi connectivity index (χ1n) is 8.09. The highest BCUT2D eigenvalue weighted by Crippen LogP contribution is 2.30. The lowest BCUT2D eigenvalue weighted by Crippen LogP contribution is -2.41. The molecular formula is C17H27N3. The highest BCUT2D eigenvalue weighted by Gasteiger charge is 2.29. The summed E-state index contributed by atoms with van der Waals surface area (Å²) < 4.78 is 0. The zero-order valence-corrected chi connectivity index (χ0v) is 12.6. The van der Waals surface area contributed by atoms with Crippen molar-refractivity contribution in [3.8, 4) is 0 Å². The van der Waals surface area contributed by atoms with Gasteiger partial charge in [-0.15, -0.1) is 0 Å². The lowest BCUT2D eigenvalue weighted by atomic mass is 10.1. The fourth-order valence-corrected chi connectivity index (χ4v) is 3.70. The Kier molecular flexibility index (Phi) is 4.27. The average molecular weight is 273 g/mol. The number of benzene rings is 1. The van der Waals surface area contributed by atoms with Gasteiger partial charge >= 0.3 is 0 Å². The number of para-hydroxylation sites is 1. The number of likely N-dealkylation sites (tertiary alicyclic amines) is 1. The molecule has 0 aliphatic carbocycles. The van der Waals surface area contributed by atoms with Gasteiger partial charge < -0.3 is 10.6 Å². The third-order valence-electron chi connectivity index (χ3n) is 4.84. The summed E-state index contributed by atoms with van der Waals surface area (Å²) in [6, 6.07) is 9.50. The lowest BCUT2D eigenvalue weighted by Gasteiger charge is -2.32. The average Bonchev–Trinajstić information content (AvgIpc) is 2.98. The van der Waals surface area contributed by atoms with Gasteiger partial charge in [0.1, 0.15) is 0 Å². The van der Waals surface area contributed by atoms with Gasteiger partial charge in [0, 0.05) is 30.9 Å². The summed E-state index contributed by atoms with van der Waals surface area (Å²) in [5.74, 6) is 0. The number of hydrogen-bond donors (Lipinski definition) is 1. The minimum absolute atomic E-state index is 0.111. The molecule has 2 aliphatic rings. The number of rotatable bonds is 3. The van der Waals surface area contributed by atoms with Crippen LogP contribution in [0.5, 0.6) is 0 Å². The Morgan fingerprint density at radius 2 is 1.85 bits per heavy atom. The van der Waals surface area contributed by atoms with Crippen LogP contribution in [0.4, 0.5) is 5.69 Å². The maximum atomic E-state index is 6.12. The van der Waals surface area contributed by atoms with Gasteiger partial charge in [-0.2, -0.15) is 0 Å². The number of nitrogens with two attached hydrogens (primary N) is 1. The topological polar surface area (TPSA) is 32.5 Å². The monoisotopic (exact) mass is 273 g/mol. The molecule has 1 aromatic carbocycles. The van der Waals surface area contributed by atoms with Gasteiger partial charge in [0.15, 0.2) is 0 Å². The van der Waals surface area contributed by atoms with Crippen LogP contribution in [0.1, 0.15) is 44.2 Å². The summed E-state index contributed by atoms with van der Waals surface area (Å²) in [5.41, 5.74) is 8.76. The second-order valence-electron chi connectivity index (χ2n) is 6.33. The number of piperidine rings is 1. The van der Waals surface area contributed by atoms with Gasteiger partial charge in [-0.1, -0.05) is 24.6 Å². The van der Waals surface area contributed by atoms with E-state index in [1.165, 1.54) is 63.1 Å². The molecule has 20 heavy (non-hydrogen) atoms. The first-order chi connectivity index (χ1) is 9.75. The Morgan fingerprint density at radius 3 is 2.60 bits per heavy atom. The van der Waals surface area contributed by atoms with E-state index in [2.05, 4.69) is 41.0 Å². The minimum atomic E-state index is 0.111. The van der Waals surface area contributed by atoms with E-state index < -0.39 is 0 Å². The maximum absolute atomic E-state index is 6.12. The van der Waals surface area contributed by atoms with Crippen LogP contribution in [0.25, 0.3) is 0 Å². The fourth-order valence-electron chi connectivity index (χ4n) is 3.70. The molecule has 1 unspecified atom stereocenters. The molecule has 3 heteroatoms. The van der Waals surface area contributed by atoms with Gasteiger partial charge in [-0.05, 0) is 50.9 Å². The van der Waals surface area contributed by atoms with Crippen LogP contribution in [0, 0.1) is 0 Å². The minimum Gasteiger partial charge on any atom is -0.370 e. The number of nitrogens with zero attached hydrogens (tertiary/aromatic N) is 2. The standard InChI is InChI=1S/C17H27N3/c1-14(18)16-7-3-4-8-17(16)20-12-9-15(13-20)19-10-5-2-6-11-19/h3-4,7-8,14-15H,2,5-6,9-13,18H2,1H3/t14-,15?/m0/s1. The predicted molar refractivity (Wildman–Crippen MR) is 85.1 cm³/mol. The van der Waals surface area contributed by atoms with E-state index >= 15 is 0 Å². The Balaban J connectivity index is 1.70. The van der Waals surface area contributed by atoms with Gasteiger partial charge in [0.2, 0.25) is 0 Å². The van der Waals surface area contributed by atoms with E-state index in [-0.39, 0.29) is 6.04 Å². The molecule has 2 heterocycles. The fraction of sp³-hybridized carbons (Fsp3) is 0.647. The molecule has 0 aromatic heterocycles.